The molecule has 0 amide bonds. The van der Waals surface area contributed by atoms with Crippen LogP contribution in [0.15, 0.2) is 18.2 Å². The molecule has 0 heterocycles. The van der Waals surface area contributed by atoms with Crippen LogP contribution < -0.4 is 14.8 Å². The van der Waals surface area contributed by atoms with Crippen molar-refractivity contribution in [2.45, 2.75) is 39.3 Å². The highest BCUT2D eigenvalue weighted by molar-refractivity contribution is 5.75. The molecule has 0 aliphatic rings. The van der Waals surface area contributed by atoms with E-state index in [1.807, 2.05) is 32.2 Å². The molecule has 1 aromatic rings. The minimum atomic E-state index is -0.598. The van der Waals surface area contributed by atoms with Gasteiger partial charge in [0, 0.05) is 6.54 Å². The second-order valence-electron chi connectivity index (χ2n) is 4.66. The Morgan fingerprint density at radius 1 is 1.29 bits per heavy atom. The quantitative estimate of drug-likeness (QED) is 0.709. The maximum atomic E-state index is 11.9. The fourth-order valence-corrected chi connectivity index (χ4v) is 2.00. The molecule has 1 aromatic carbocycles. The van der Waals surface area contributed by atoms with Gasteiger partial charge in [-0.1, -0.05) is 19.4 Å². The van der Waals surface area contributed by atoms with Gasteiger partial charge in [0.1, 0.15) is 0 Å². The summed E-state index contributed by atoms with van der Waals surface area (Å²) in [5, 5.41) is 3.08. The van der Waals surface area contributed by atoms with Crippen molar-refractivity contribution in [3.05, 3.63) is 23.8 Å². The van der Waals surface area contributed by atoms with Gasteiger partial charge in [-0.15, -0.1) is 0 Å². The molecule has 0 bridgehead atoms. The summed E-state index contributed by atoms with van der Waals surface area (Å²) >= 11 is 0. The molecule has 0 saturated heterocycles. The lowest BCUT2D eigenvalue weighted by atomic mass is 10.2. The van der Waals surface area contributed by atoms with E-state index in [1.165, 1.54) is 0 Å². The third-order valence-electron chi connectivity index (χ3n) is 2.98. The zero-order valence-corrected chi connectivity index (χ0v) is 13.3. The lowest BCUT2D eigenvalue weighted by Crippen LogP contribution is -2.29. The van der Waals surface area contributed by atoms with Gasteiger partial charge in [-0.05, 0) is 38.1 Å². The highest BCUT2D eigenvalue weighted by atomic mass is 16.6. The fraction of sp³-hybridized carbons (Fsp3) is 0.562. The number of hydrogen-bond acceptors (Lipinski definition) is 5. The zero-order chi connectivity index (χ0) is 15.7. The van der Waals surface area contributed by atoms with Crippen LogP contribution in [0, 0.1) is 0 Å². The van der Waals surface area contributed by atoms with Gasteiger partial charge in [0.2, 0.25) is 0 Å². The summed E-state index contributed by atoms with van der Waals surface area (Å²) in [7, 11) is 3.47. The summed E-state index contributed by atoms with van der Waals surface area (Å²) in [6, 6.07) is 5.68. The minimum absolute atomic E-state index is 0.333. The predicted octanol–water partition coefficient (Wildman–Crippen LogP) is 2.53. The number of benzene rings is 1. The monoisotopic (exact) mass is 295 g/mol. The largest absolute Gasteiger partial charge is 0.493 e. The Balaban J connectivity index is 2.89. The van der Waals surface area contributed by atoms with Crippen LogP contribution in [0.3, 0.4) is 0 Å². The molecule has 0 fully saturated rings. The van der Waals surface area contributed by atoms with E-state index in [-0.39, 0.29) is 5.97 Å². The van der Waals surface area contributed by atoms with E-state index in [0.29, 0.717) is 24.5 Å². The molecule has 21 heavy (non-hydrogen) atoms. The highest BCUT2D eigenvalue weighted by Gasteiger charge is 2.22. The maximum absolute atomic E-state index is 11.9. The lowest BCUT2D eigenvalue weighted by molar-refractivity contribution is -0.151. The third kappa shape index (κ3) is 5.27. The number of nitrogens with one attached hydrogen (secondary N) is 1. The van der Waals surface area contributed by atoms with Gasteiger partial charge in [-0.25, -0.2) is 4.79 Å². The maximum Gasteiger partial charge on any atom is 0.347 e. The predicted molar refractivity (Wildman–Crippen MR) is 81.7 cm³/mol. The topological polar surface area (TPSA) is 56.8 Å². The second kappa shape index (κ2) is 9.23. The Labute approximate surface area is 126 Å². The van der Waals surface area contributed by atoms with Gasteiger partial charge < -0.3 is 19.5 Å². The van der Waals surface area contributed by atoms with Crippen molar-refractivity contribution < 1.29 is 19.0 Å². The van der Waals surface area contributed by atoms with E-state index >= 15 is 0 Å². The van der Waals surface area contributed by atoms with Crippen molar-refractivity contribution in [2.24, 2.45) is 0 Å². The Kier molecular flexibility index (Phi) is 7.61. The number of hydrogen-bond donors (Lipinski definition) is 1. The van der Waals surface area contributed by atoms with E-state index in [0.717, 1.165) is 18.5 Å². The zero-order valence-electron chi connectivity index (χ0n) is 13.3. The normalized spacial score (nSPS) is 11.8. The van der Waals surface area contributed by atoms with Crippen LogP contribution in [0.1, 0.15) is 32.3 Å². The molecular formula is C16H25NO4. The van der Waals surface area contributed by atoms with E-state index in [2.05, 4.69) is 5.32 Å². The van der Waals surface area contributed by atoms with Crippen molar-refractivity contribution in [2.75, 3.05) is 20.8 Å². The van der Waals surface area contributed by atoms with Crippen LogP contribution in [-0.2, 0) is 16.1 Å². The SMILES string of the molecule is CCCC(Oc1ccc(CNC)cc1OC)C(=O)OCC. The van der Waals surface area contributed by atoms with Gasteiger partial charge in [-0.2, -0.15) is 0 Å². The summed E-state index contributed by atoms with van der Waals surface area (Å²) in [4.78, 5) is 11.9. The van der Waals surface area contributed by atoms with Gasteiger partial charge in [0.15, 0.2) is 17.6 Å². The summed E-state index contributed by atoms with van der Waals surface area (Å²) in [6.45, 7) is 4.88. The van der Waals surface area contributed by atoms with Crippen LogP contribution in [-0.4, -0.2) is 32.8 Å². The van der Waals surface area contributed by atoms with Crippen LogP contribution in [0.5, 0.6) is 11.5 Å². The Bertz CT molecular complexity index is 448. The van der Waals surface area contributed by atoms with E-state index in [1.54, 1.807) is 14.0 Å². The minimum Gasteiger partial charge on any atom is -0.493 e. The molecule has 5 heteroatoms. The average Bonchev–Trinajstić information content (AvgIpc) is 2.48. The van der Waals surface area contributed by atoms with Crippen molar-refractivity contribution in [1.29, 1.82) is 0 Å². The van der Waals surface area contributed by atoms with Crippen LogP contribution in [0.25, 0.3) is 0 Å². The first-order chi connectivity index (χ1) is 10.2. The first-order valence-electron chi connectivity index (χ1n) is 7.31. The Morgan fingerprint density at radius 2 is 2.05 bits per heavy atom. The molecule has 0 aromatic heterocycles. The molecule has 5 nitrogen and oxygen atoms in total. The average molecular weight is 295 g/mol. The summed E-state index contributed by atoms with van der Waals surface area (Å²) in [5.41, 5.74) is 1.09. The van der Waals surface area contributed by atoms with Gasteiger partial charge in [0.05, 0.1) is 13.7 Å². The number of rotatable bonds is 9. The molecule has 0 spiro atoms. The fourth-order valence-electron chi connectivity index (χ4n) is 2.00. The Hall–Kier alpha value is -1.75. The number of ether oxygens (including phenoxy) is 3. The number of carbonyl (C=O) groups is 1. The van der Waals surface area contributed by atoms with E-state index in [4.69, 9.17) is 14.2 Å². The van der Waals surface area contributed by atoms with Crippen molar-refractivity contribution >= 4 is 5.97 Å². The standard InChI is InChI=1S/C16H25NO4/c1-5-7-14(16(18)20-6-2)21-13-9-8-12(11-17-3)10-15(13)19-4/h8-10,14,17H,5-7,11H2,1-4H3. The summed E-state index contributed by atoms with van der Waals surface area (Å²) in [5.74, 6) is 0.845. The van der Waals surface area contributed by atoms with Crippen LogP contribution >= 0.6 is 0 Å². The number of methoxy groups -OCH3 is 1. The van der Waals surface area contributed by atoms with Gasteiger partial charge >= 0.3 is 5.97 Å². The summed E-state index contributed by atoms with van der Waals surface area (Å²) in [6.07, 6.45) is 0.850. The molecular weight excluding hydrogens is 270 g/mol. The molecule has 0 aliphatic carbocycles. The molecule has 1 N–H and O–H groups in total. The smallest absolute Gasteiger partial charge is 0.347 e. The van der Waals surface area contributed by atoms with E-state index < -0.39 is 6.10 Å². The molecule has 0 aliphatic heterocycles. The van der Waals surface area contributed by atoms with Gasteiger partial charge in [-0.3, -0.25) is 0 Å². The number of carbonyl (C=O) groups excluding carboxylic acids is 1. The molecule has 1 rings (SSSR count). The Morgan fingerprint density at radius 3 is 2.62 bits per heavy atom. The number of esters is 1. The first-order valence-corrected chi connectivity index (χ1v) is 7.31. The molecule has 1 unspecified atom stereocenters. The summed E-state index contributed by atoms with van der Waals surface area (Å²) < 4.78 is 16.2. The van der Waals surface area contributed by atoms with Crippen molar-refractivity contribution in [3.63, 3.8) is 0 Å². The molecule has 1 atom stereocenters. The molecule has 0 saturated carbocycles. The molecule has 118 valence electrons. The van der Waals surface area contributed by atoms with Crippen molar-refractivity contribution in [1.82, 2.24) is 5.32 Å². The lowest BCUT2D eigenvalue weighted by Gasteiger charge is -2.19. The third-order valence-corrected chi connectivity index (χ3v) is 2.98. The first kappa shape index (κ1) is 17.3. The van der Waals surface area contributed by atoms with Crippen LogP contribution in [0.4, 0.5) is 0 Å². The van der Waals surface area contributed by atoms with Gasteiger partial charge in [0.25, 0.3) is 0 Å². The highest BCUT2D eigenvalue weighted by Crippen LogP contribution is 2.29. The second-order valence-corrected chi connectivity index (χ2v) is 4.66. The van der Waals surface area contributed by atoms with Crippen LogP contribution in [0.2, 0.25) is 0 Å². The molecule has 0 radical (unpaired) electrons. The van der Waals surface area contributed by atoms with Crippen molar-refractivity contribution in [3.8, 4) is 11.5 Å². The van der Waals surface area contributed by atoms with E-state index in [9.17, 15) is 4.79 Å².